The first kappa shape index (κ1) is 17.6. The Labute approximate surface area is 139 Å². The molecule has 0 aromatic heterocycles. The van der Waals surface area contributed by atoms with Gasteiger partial charge in [0.05, 0.1) is 13.1 Å². The zero-order chi connectivity index (χ0) is 16.7. The van der Waals surface area contributed by atoms with Gasteiger partial charge >= 0.3 is 6.03 Å². The molecule has 6 heteroatoms. The lowest BCUT2D eigenvalue weighted by molar-refractivity contribution is -0.134. The van der Waals surface area contributed by atoms with Gasteiger partial charge in [-0.3, -0.25) is 9.69 Å². The molecule has 2 rings (SSSR count). The van der Waals surface area contributed by atoms with Crippen LogP contribution >= 0.6 is 0 Å². The summed E-state index contributed by atoms with van der Waals surface area (Å²) >= 11 is 0. The van der Waals surface area contributed by atoms with Crippen molar-refractivity contribution in [2.45, 2.75) is 38.1 Å². The van der Waals surface area contributed by atoms with E-state index in [-0.39, 0.29) is 18.5 Å². The van der Waals surface area contributed by atoms with Gasteiger partial charge in [0.2, 0.25) is 5.91 Å². The van der Waals surface area contributed by atoms with Crippen molar-refractivity contribution < 1.29 is 9.59 Å². The molecule has 1 aliphatic heterocycles. The average molecular weight is 320 g/mol. The van der Waals surface area contributed by atoms with Gasteiger partial charge in [-0.15, -0.1) is 6.42 Å². The van der Waals surface area contributed by atoms with Crippen LogP contribution in [0, 0.1) is 12.3 Å². The number of carbonyl (C=O) groups is 2. The monoisotopic (exact) mass is 320 g/mol. The van der Waals surface area contributed by atoms with Crippen molar-refractivity contribution in [3.63, 3.8) is 0 Å². The Morgan fingerprint density at radius 3 is 2.43 bits per heavy atom. The van der Waals surface area contributed by atoms with Gasteiger partial charge in [0, 0.05) is 39.3 Å². The van der Waals surface area contributed by atoms with Gasteiger partial charge in [-0.2, -0.15) is 0 Å². The maximum atomic E-state index is 12.4. The lowest BCUT2D eigenvalue weighted by atomic mass is 9.94. The molecule has 1 N–H and O–H groups in total. The number of likely N-dealkylation sites (N-methyl/N-ethyl adjacent to an activating group) is 1. The maximum absolute atomic E-state index is 12.4. The molecule has 3 amide bonds. The first-order valence-electron chi connectivity index (χ1n) is 8.56. The summed E-state index contributed by atoms with van der Waals surface area (Å²) in [6, 6.07) is 0.292. The number of urea groups is 1. The Balaban J connectivity index is 1.72. The van der Waals surface area contributed by atoms with Crippen LogP contribution in [0.4, 0.5) is 4.79 Å². The number of nitrogens with one attached hydrogen (secondary N) is 1. The number of carbonyl (C=O) groups excluding carboxylic acids is 2. The predicted octanol–water partition coefficient (Wildman–Crippen LogP) is 0.738. The fourth-order valence-corrected chi connectivity index (χ4v) is 3.32. The van der Waals surface area contributed by atoms with E-state index in [4.69, 9.17) is 6.42 Å². The summed E-state index contributed by atoms with van der Waals surface area (Å²) in [5.41, 5.74) is 0. The van der Waals surface area contributed by atoms with Crippen LogP contribution in [0.1, 0.15) is 32.1 Å². The summed E-state index contributed by atoms with van der Waals surface area (Å²) in [5.74, 6) is 2.59. The molecule has 0 bridgehead atoms. The third kappa shape index (κ3) is 5.14. The molecule has 128 valence electrons. The van der Waals surface area contributed by atoms with Gasteiger partial charge in [-0.1, -0.05) is 25.2 Å². The quantitative estimate of drug-likeness (QED) is 0.777. The Hall–Kier alpha value is -1.74. The lowest BCUT2D eigenvalue weighted by Gasteiger charge is -2.36. The Bertz CT molecular complexity index is 446. The molecule has 1 aliphatic carbocycles. The normalized spacial score (nSPS) is 19.9. The second kappa shape index (κ2) is 8.78. The highest BCUT2D eigenvalue weighted by atomic mass is 16.2. The highest BCUT2D eigenvalue weighted by Crippen LogP contribution is 2.21. The van der Waals surface area contributed by atoms with E-state index in [9.17, 15) is 9.59 Å². The number of terminal acetylenes is 1. The van der Waals surface area contributed by atoms with E-state index < -0.39 is 0 Å². The number of amides is 3. The molecular formula is C17H28N4O2. The molecule has 0 radical (unpaired) electrons. The third-order valence-corrected chi connectivity index (χ3v) is 4.88. The van der Waals surface area contributed by atoms with E-state index in [1.165, 1.54) is 19.3 Å². The van der Waals surface area contributed by atoms with Crippen LogP contribution < -0.4 is 5.32 Å². The summed E-state index contributed by atoms with van der Waals surface area (Å²) in [5, 5.41) is 2.68. The smallest absolute Gasteiger partial charge is 0.318 e. The third-order valence-electron chi connectivity index (χ3n) is 4.88. The molecule has 0 aromatic rings. The summed E-state index contributed by atoms with van der Waals surface area (Å²) in [4.78, 5) is 30.1. The van der Waals surface area contributed by atoms with Crippen molar-refractivity contribution in [2.24, 2.45) is 0 Å². The predicted molar refractivity (Wildman–Crippen MR) is 89.9 cm³/mol. The van der Waals surface area contributed by atoms with E-state index in [0.29, 0.717) is 25.7 Å². The first-order chi connectivity index (χ1) is 11.1. The Kier molecular flexibility index (Phi) is 6.72. The van der Waals surface area contributed by atoms with Crippen molar-refractivity contribution in [1.82, 2.24) is 20.0 Å². The molecule has 1 saturated heterocycles. The lowest BCUT2D eigenvalue weighted by Crippen LogP contribution is -2.54. The summed E-state index contributed by atoms with van der Waals surface area (Å²) in [6.07, 6.45) is 11.2. The van der Waals surface area contributed by atoms with Crippen molar-refractivity contribution in [1.29, 1.82) is 0 Å². The average Bonchev–Trinajstić information content (AvgIpc) is 2.60. The van der Waals surface area contributed by atoms with Gasteiger partial charge in [-0.05, 0) is 12.8 Å². The molecular weight excluding hydrogens is 292 g/mol. The highest BCUT2D eigenvalue weighted by Gasteiger charge is 2.26. The van der Waals surface area contributed by atoms with Crippen LogP contribution in [0.3, 0.4) is 0 Å². The second-order valence-corrected chi connectivity index (χ2v) is 6.42. The largest absolute Gasteiger partial charge is 0.342 e. The van der Waals surface area contributed by atoms with Crippen LogP contribution in [0.25, 0.3) is 0 Å². The fourth-order valence-electron chi connectivity index (χ4n) is 3.32. The topological polar surface area (TPSA) is 55.9 Å². The number of piperazine rings is 1. The fraction of sp³-hybridized carbons (Fsp3) is 0.765. The molecule has 0 aromatic carbocycles. The van der Waals surface area contributed by atoms with E-state index >= 15 is 0 Å². The minimum atomic E-state index is -0.117. The molecule has 6 nitrogen and oxygen atoms in total. The summed E-state index contributed by atoms with van der Waals surface area (Å²) in [6.45, 7) is 3.44. The standard InChI is InChI=1S/C17H28N4O2/c1-3-9-18-17(23)21-12-10-20(11-13-21)14-16(22)19(2)15-7-5-4-6-8-15/h1,15H,4-14H2,2H3,(H,18,23). The summed E-state index contributed by atoms with van der Waals surface area (Å²) < 4.78 is 0. The van der Waals surface area contributed by atoms with Crippen LogP contribution in [-0.2, 0) is 4.79 Å². The molecule has 0 spiro atoms. The van der Waals surface area contributed by atoms with Crippen LogP contribution in [0.2, 0.25) is 0 Å². The SMILES string of the molecule is C#CCNC(=O)N1CCN(CC(=O)N(C)C2CCCCC2)CC1. The van der Waals surface area contributed by atoms with E-state index in [0.717, 1.165) is 25.9 Å². The van der Waals surface area contributed by atoms with Crippen LogP contribution in [0.5, 0.6) is 0 Å². The van der Waals surface area contributed by atoms with Gasteiger partial charge in [0.1, 0.15) is 0 Å². The van der Waals surface area contributed by atoms with E-state index in [2.05, 4.69) is 16.1 Å². The number of hydrogen-bond acceptors (Lipinski definition) is 3. The van der Waals surface area contributed by atoms with Gasteiger partial charge < -0.3 is 15.1 Å². The minimum Gasteiger partial charge on any atom is -0.342 e. The van der Waals surface area contributed by atoms with Crippen molar-refractivity contribution in [2.75, 3.05) is 46.3 Å². The van der Waals surface area contributed by atoms with Crippen molar-refractivity contribution in [3.05, 3.63) is 0 Å². The number of nitrogens with zero attached hydrogens (tertiary/aromatic N) is 3. The van der Waals surface area contributed by atoms with E-state index in [1.54, 1.807) is 4.90 Å². The van der Waals surface area contributed by atoms with E-state index in [1.807, 2.05) is 11.9 Å². The van der Waals surface area contributed by atoms with Crippen molar-refractivity contribution in [3.8, 4) is 12.3 Å². The number of hydrogen-bond donors (Lipinski definition) is 1. The molecule has 2 fully saturated rings. The Morgan fingerprint density at radius 1 is 1.17 bits per heavy atom. The number of rotatable bonds is 4. The Morgan fingerprint density at radius 2 is 1.83 bits per heavy atom. The molecule has 1 saturated carbocycles. The summed E-state index contributed by atoms with van der Waals surface area (Å²) in [7, 11) is 1.93. The van der Waals surface area contributed by atoms with Gasteiger partial charge in [-0.25, -0.2) is 4.79 Å². The zero-order valence-electron chi connectivity index (χ0n) is 14.1. The molecule has 1 heterocycles. The second-order valence-electron chi connectivity index (χ2n) is 6.42. The maximum Gasteiger partial charge on any atom is 0.318 e. The highest BCUT2D eigenvalue weighted by molar-refractivity contribution is 5.78. The molecule has 2 aliphatic rings. The molecule has 23 heavy (non-hydrogen) atoms. The zero-order valence-corrected chi connectivity index (χ0v) is 14.1. The molecule has 0 unspecified atom stereocenters. The molecule has 0 atom stereocenters. The first-order valence-corrected chi connectivity index (χ1v) is 8.56. The van der Waals surface area contributed by atoms with Crippen LogP contribution in [0.15, 0.2) is 0 Å². The minimum absolute atomic E-state index is 0.117. The van der Waals surface area contributed by atoms with Gasteiger partial charge in [0.25, 0.3) is 0 Å². The van der Waals surface area contributed by atoms with Crippen LogP contribution in [-0.4, -0.2) is 79.0 Å². The van der Waals surface area contributed by atoms with Crippen molar-refractivity contribution >= 4 is 11.9 Å². The van der Waals surface area contributed by atoms with Gasteiger partial charge in [0.15, 0.2) is 0 Å².